The summed E-state index contributed by atoms with van der Waals surface area (Å²) in [4.78, 5) is 0. The number of rotatable bonds is 5. The fourth-order valence-corrected chi connectivity index (χ4v) is 9.24. The number of fused-ring (bicyclic) bond motifs is 8. The quantitative estimate of drug-likeness (QED) is 0.173. The number of ether oxygens (including phenoxy) is 1. The number of para-hydroxylation sites is 4. The molecular formula is C54H34N2O. The van der Waals surface area contributed by atoms with Crippen molar-refractivity contribution < 1.29 is 4.74 Å². The van der Waals surface area contributed by atoms with E-state index in [1.807, 2.05) is 6.07 Å². The van der Waals surface area contributed by atoms with Gasteiger partial charge < -0.3 is 13.9 Å². The zero-order valence-corrected chi connectivity index (χ0v) is 30.9. The fourth-order valence-electron chi connectivity index (χ4n) is 9.24. The molecule has 9 aromatic carbocycles. The fraction of sp³-hybridized carbons (Fsp3) is 0. The summed E-state index contributed by atoms with van der Waals surface area (Å²) in [7, 11) is 0. The Labute approximate surface area is 329 Å². The topological polar surface area (TPSA) is 19.1 Å². The molecule has 1 aliphatic rings. The largest absolute Gasteiger partial charge is 0.453 e. The van der Waals surface area contributed by atoms with Gasteiger partial charge in [0.05, 0.1) is 33.4 Å². The van der Waals surface area contributed by atoms with Crippen molar-refractivity contribution >= 4 is 43.6 Å². The molecule has 12 rings (SSSR count). The second kappa shape index (κ2) is 12.5. The molecule has 0 bridgehead atoms. The summed E-state index contributed by atoms with van der Waals surface area (Å²) in [5, 5.41) is 4.86. The van der Waals surface area contributed by atoms with E-state index in [1.165, 1.54) is 82.6 Å². The molecule has 1 aliphatic heterocycles. The molecule has 266 valence electrons. The van der Waals surface area contributed by atoms with Gasteiger partial charge >= 0.3 is 0 Å². The van der Waals surface area contributed by atoms with E-state index in [0.717, 1.165) is 28.4 Å². The Morgan fingerprint density at radius 3 is 1.51 bits per heavy atom. The zero-order valence-electron chi connectivity index (χ0n) is 30.9. The highest BCUT2D eigenvalue weighted by atomic mass is 16.5. The van der Waals surface area contributed by atoms with Crippen molar-refractivity contribution in [1.82, 2.24) is 9.13 Å². The van der Waals surface area contributed by atoms with Crippen molar-refractivity contribution in [2.24, 2.45) is 0 Å². The first-order chi connectivity index (χ1) is 28.3. The minimum absolute atomic E-state index is 0.868. The highest BCUT2D eigenvalue weighted by molar-refractivity contribution is 6.19. The van der Waals surface area contributed by atoms with Gasteiger partial charge in [-0.1, -0.05) is 152 Å². The van der Waals surface area contributed by atoms with Crippen LogP contribution in [-0.2, 0) is 0 Å². The molecule has 0 saturated heterocycles. The Balaban J connectivity index is 1.11. The summed E-state index contributed by atoms with van der Waals surface area (Å²) in [6.07, 6.45) is 0. The second-order valence-electron chi connectivity index (χ2n) is 14.9. The smallest absolute Gasteiger partial charge is 0.152 e. The van der Waals surface area contributed by atoms with Gasteiger partial charge in [0.1, 0.15) is 0 Å². The molecule has 0 radical (unpaired) electrons. The van der Waals surface area contributed by atoms with Crippen LogP contribution in [0.2, 0.25) is 0 Å². The van der Waals surface area contributed by atoms with Crippen molar-refractivity contribution in [1.29, 1.82) is 0 Å². The molecule has 11 aromatic rings. The van der Waals surface area contributed by atoms with E-state index in [-0.39, 0.29) is 0 Å². The van der Waals surface area contributed by atoms with E-state index < -0.39 is 0 Å². The van der Waals surface area contributed by atoms with Crippen molar-refractivity contribution in [3.63, 3.8) is 0 Å². The Kier molecular flexibility index (Phi) is 6.93. The van der Waals surface area contributed by atoms with E-state index in [1.54, 1.807) is 0 Å². The molecule has 3 heterocycles. The highest BCUT2D eigenvalue weighted by Gasteiger charge is 2.26. The standard InChI is InChI=1S/C54H34N2O/c1-3-15-35(16-4-1)37-29-31-47-44(33-37)45-34-38(36-17-5-2-6-18-36)30-32-48(45)55(47)46-24-10-9-21-41(46)39-19-7-8-20-40(39)42-22-13-26-50-53(42)43-23-14-28-52-54(43)56(50)49-25-11-12-27-51(49)57-52/h1-34H. The van der Waals surface area contributed by atoms with Gasteiger partial charge in [-0.15, -0.1) is 0 Å². The van der Waals surface area contributed by atoms with Crippen molar-refractivity contribution in [2.75, 3.05) is 0 Å². The third-order valence-electron chi connectivity index (χ3n) is 11.7. The minimum atomic E-state index is 0.868. The van der Waals surface area contributed by atoms with E-state index in [0.29, 0.717) is 0 Å². The van der Waals surface area contributed by atoms with Crippen LogP contribution in [0, 0.1) is 0 Å². The van der Waals surface area contributed by atoms with Crippen molar-refractivity contribution in [3.8, 4) is 67.4 Å². The Bertz CT molecular complexity index is 3270. The molecule has 0 fully saturated rings. The molecule has 57 heavy (non-hydrogen) atoms. The van der Waals surface area contributed by atoms with Crippen molar-refractivity contribution in [2.45, 2.75) is 0 Å². The Morgan fingerprint density at radius 2 is 0.825 bits per heavy atom. The lowest BCUT2D eigenvalue weighted by Gasteiger charge is -2.20. The first-order valence-corrected chi connectivity index (χ1v) is 19.5. The lowest BCUT2D eigenvalue weighted by molar-refractivity contribution is 0.476. The maximum atomic E-state index is 6.49. The number of benzene rings is 9. The third kappa shape index (κ3) is 4.79. The van der Waals surface area contributed by atoms with Gasteiger partial charge in [0.2, 0.25) is 0 Å². The van der Waals surface area contributed by atoms with Crippen LogP contribution in [0.3, 0.4) is 0 Å². The summed E-state index contributed by atoms with van der Waals surface area (Å²) in [6.45, 7) is 0. The van der Waals surface area contributed by atoms with Crippen LogP contribution in [0.15, 0.2) is 206 Å². The molecule has 3 heteroatoms. The Hall–Kier alpha value is -7.62. The van der Waals surface area contributed by atoms with Gasteiger partial charge in [-0.3, -0.25) is 0 Å². The van der Waals surface area contributed by atoms with E-state index >= 15 is 0 Å². The summed E-state index contributed by atoms with van der Waals surface area (Å²) in [5.41, 5.74) is 16.4. The summed E-state index contributed by atoms with van der Waals surface area (Å²) in [6, 6.07) is 74.5. The average Bonchev–Trinajstić information content (AvgIpc) is 3.80. The first-order valence-electron chi connectivity index (χ1n) is 19.5. The molecule has 0 spiro atoms. The van der Waals surface area contributed by atoms with Gasteiger partial charge in [0.25, 0.3) is 0 Å². The highest BCUT2D eigenvalue weighted by Crippen LogP contribution is 2.49. The van der Waals surface area contributed by atoms with Crippen LogP contribution in [0.1, 0.15) is 0 Å². The van der Waals surface area contributed by atoms with Gasteiger partial charge in [0.15, 0.2) is 11.5 Å². The number of nitrogens with zero attached hydrogens (tertiary/aromatic N) is 2. The molecule has 0 unspecified atom stereocenters. The zero-order chi connectivity index (χ0) is 37.5. The van der Waals surface area contributed by atoms with E-state index in [2.05, 4.69) is 209 Å². The minimum Gasteiger partial charge on any atom is -0.453 e. The van der Waals surface area contributed by atoms with Gasteiger partial charge in [-0.05, 0) is 93.5 Å². The number of hydrogen-bond acceptors (Lipinski definition) is 1. The predicted molar refractivity (Wildman–Crippen MR) is 237 cm³/mol. The van der Waals surface area contributed by atoms with Gasteiger partial charge in [-0.25, -0.2) is 0 Å². The van der Waals surface area contributed by atoms with Crippen LogP contribution in [0.4, 0.5) is 0 Å². The average molecular weight is 727 g/mol. The molecule has 0 atom stereocenters. The van der Waals surface area contributed by atoms with Crippen LogP contribution >= 0.6 is 0 Å². The monoisotopic (exact) mass is 726 g/mol. The second-order valence-corrected chi connectivity index (χ2v) is 14.9. The molecule has 2 aromatic heterocycles. The lowest BCUT2D eigenvalue weighted by Crippen LogP contribution is -2.03. The molecule has 3 nitrogen and oxygen atoms in total. The Morgan fingerprint density at radius 1 is 0.298 bits per heavy atom. The van der Waals surface area contributed by atoms with E-state index in [4.69, 9.17) is 4.74 Å². The molecular weight excluding hydrogens is 693 g/mol. The maximum Gasteiger partial charge on any atom is 0.152 e. The molecule has 0 saturated carbocycles. The third-order valence-corrected chi connectivity index (χ3v) is 11.7. The normalized spacial score (nSPS) is 12.0. The first kappa shape index (κ1) is 31.7. The summed E-state index contributed by atoms with van der Waals surface area (Å²) >= 11 is 0. The molecule has 0 N–H and O–H groups in total. The SMILES string of the molecule is c1ccc(-c2ccc3c(c2)c2cc(-c4ccccc4)ccc2n3-c2ccccc2-c2ccccc2-c2cccc3c2c2cccc4c2n3-c2ccccc2O4)cc1. The van der Waals surface area contributed by atoms with Crippen LogP contribution in [0.5, 0.6) is 11.5 Å². The molecule has 0 amide bonds. The summed E-state index contributed by atoms with van der Waals surface area (Å²) in [5.74, 6) is 1.75. The molecule has 0 aliphatic carbocycles. The van der Waals surface area contributed by atoms with Crippen LogP contribution in [0.25, 0.3) is 99.5 Å². The van der Waals surface area contributed by atoms with Gasteiger partial charge in [0, 0.05) is 27.1 Å². The van der Waals surface area contributed by atoms with Crippen LogP contribution < -0.4 is 4.74 Å². The maximum absolute atomic E-state index is 6.49. The summed E-state index contributed by atoms with van der Waals surface area (Å²) < 4.78 is 11.3. The predicted octanol–water partition coefficient (Wildman–Crippen LogP) is 14.7. The van der Waals surface area contributed by atoms with E-state index in [9.17, 15) is 0 Å². The van der Waals surface area contributed by atoms with Crippen molar-refractivity contribution in [3.05, 3.63) is 206 Å². The number of hydrogen-bond donors (Lipinski definition) is 0. The van der Waals surface area contributed by atoms with Crippen LogP contribution in [-0.4, -0.2) is 9.13 Å². The number of aromatic nitrogens is 2. The lowest BCUT2D eigenvalue weighted by atomic mass is 9.91. The van der Waals surface area contributed by atoms with Gasteiger partial charge in [-0.2, -0.15) is 0 Å².